The lowest BCUT2D eigenvalue weighted by atomic mass is 10.1. The number of hydrogen-bond acceptors (Lipinski definition) is 2. The summed E-state index contributed by atoms with van der Waals surface area (Å²) in [5.74, 6) is -1.04. The van der Waals surface area contributed by atoms with Gasteiger partial charge in [0.25, 0.3) is 0 Å². The van der Waals surface area contributed by atoms with Gasteiger partial charge in [-0.2, -0.15) is 0 Å². The average molecular weight is 243 g/mol. The average Bonchev–Trinajstić information content (AvgIpc) is 2.14. The molecule has 17 heavy (non-hydrogen) atoms. The van der Waals surface area contributed by atoms with Gasteiger partial charge in [0.15, 0.2) is 0 Å². The van der Waals surface area contributed by atoms with Gasteiger partial charge in [0.05, 0.1) is 0 Å². The molecule has 4 heteroatoms. The fourth-order valence-corrected chi connectivity index (χ4v) is 1.51. The first-order valence-corrected chi connectivity index (χ1v) is 5.79. The number of hydrogen-bond donors (Lipinski definition) is 1. The van der Waals surface area contributed by atoms with E-state index in [1.807, 2.05) is 13.8 Å². The summed E-state index contributed by atoms with van der Waals surface area (Å²) in [7, 11) is 0. The van der Waals surface area contributed by atoms with E-state index in [0.717, 1.165) is 19.0 Å². The zero-order valence-electron chi connectivity index (χ0n) is 10.5. The number of halogens is 2. The van der Waals surface area contributed by atoms with Crippen molar-refractivity contribution < 1.29 is 13.5 Å². The van der Waals surface area contributed by atoms with E-state index in [9.17, 15) is 8.78 Å². The molecule has 0 atom stereocenters. The van der Waals surface area contributed by atoms with Crippen molar-refractivity contribution in [1.82, 2.24) is 5.32 Å². The van der Waals surface area contributed by atoms with Crippen LogP contribution in [0.1, 0.15) is 27.2 Å². The van der Waals surface area contributed by atoms with Crippen molar-refractivity contribution in [3.63, 3.8) is 0 Å². The zero-order chi connectivity index (χ0) is 12.9. The van der Waals surface area contributed by atoms with Crippen LogP contribution in [0, 0.1) is 11.6 Å². The third kappa shape index (κ3) is 5.13. The summed E-state index contributed by atoms with van der Waals surface area (Å²) in [6, 6.07) is 3.20. The minimum Gasteiger partial charge on any atom is -0.486 e. The molecule has 0 saturated carbocycles. The maximum Gasteiger partial charge on any atom is 0.129 e. The highest BCUT2D eigenvalue weighted by molar-refractivity contribution is 5.24. The molecule has 0 heterocycles. The van der Waals surface area contributed by atoms with E-state index in [0.29, 0.717) is 6.54 Å². The van der Waals surface area contributed by atoms with Gasteiger partial charge in [-0.15, -0.1) is 0 Å². The van der Waals surface area contributed by atoms with Crippen LogP contribution in [-0.4, -0.2) is 18.7 Å². The van der Waals surface area contributed by atoms with E-state index < -0.39 is 17.2 Å². The second-order valence-corrected chi connectivity index (χ2v) is 4.64. The van der Waals surface area contributed by atoms with Crippen molar-refractivity contribution in [3.8, 4) is 5.75 Å². The second kappa shape index (κ2) is 5.96. The zero-order valence-corrected chi connectivity index (χ0v) is 10.5. The fourth-order valence-electron chi connectivity index (χ4n) is 1.51. The summed E-state index contributed by atoms with van der Waals surface area (Å²) >= 11 is 0. The van der Waals surface area contributed by atoms with Gasteiger partial charge in [0.1, 0.15) is 23.0 Å². The van der Waals surface area contributed by atoms with E-state index >= 15 is 0 Å². The molecule has 0 radical (unpaired) electrons. The summed E-state index contributed by atoms with van der Waals surface area (Å²) in [5, 5.41) is 3.21. The highest BCUT2D eigenvalue weighted by Gasteiger charge is 2.19. The predicted octanol–water partition coefficient (Wildman–Crippen LogP) is 3.12. The third-order valence-electron chi connectivity index (χ3n) is 2.21. The molecule has 0 aliphatic carbocycles. The molecule has 1 aromatic rings. The quantitative estimate of drug-likeness (QED) is 0.775. The summed E-state index contributed by atoms with van der Waals surface area (Å²) in [6.45, 7) is 7.34. The first-order chi connectivity index (χ1) is 7.93. The largest absolute Gasteiger partial charge is 0.486 e. The minimum atomic E-state index is -0.627. The van der Waals surface area contributed by atoms with Crippen LogP contribution >= 0.6 is 0 Å². The number of ether oxygens (including phenoxy) is 1. The fraction of sp³-hybridized carbons (Fsp3) is 0.538. The standard InChI is InChI=1S/C13H19F2NO/c1-4-5-16-9-13(2,3)17-12-7-10(14)6-11(15)8-12/h6-8,16H,4-5,9H2,1-3H3. The van der Waals surface area contributed by atoms with Crippen LogP contribution in [0.25, 0.3) is 0 Å². The Balaban J connectivity index is 2.62. The molecule has 1 N–H and O–H groups in total. The van der Waals surface area contributed by atoms with Crippen molar-refractivity contribution in [1.29, 1.82) is 0 Å². The van der Waals surface area contributed by atoms with Gasteiger partial charge < -0.3 is 10.1 Å². The minimum absolute atomic E-state index is 0.214. The van der Waals surface area contributed by atoms with E-state index in [4.69, 9.17) is 4.74 Å². The van der Waals surface area contributed by atoms with Gasteiger partial charge in [-0.25, -0.2) is 8.78 Å². The Morgan fingerprint density at radius 3 is 2.29 bits per heavy atom. The highest BCUT2D eigenvalue weighted by Crippen LogP contribution is 2.20. The lowest BCUT2D eigenvalue weighted by Gasteiger charge is -2.27. The van der Waals surface area contributed by atoms with Crippen molar-refractivity contribution in [3.05, 3.63) is 29.8 Å². The number of rotatable bonds is 6. The molecule has 0 unspecified atom stereocenters. The number of nitrogens with one attached hydrogen (secondary N) is 1. The topological polar surface area (TPSA) is 21.3 Å². The lowest BCUT2D eigenvalue weighted by molar-refractivity contribution is 0.107. The molecule has 2 nitrogen and oxygen atoms in total. The second-order valence-electron chi connectivity index (χ2n) is 4.64. The first-order valence-electron chi connectivity index (χ1n) is 5.79. The Labute approximate surface area is 101 Å². The van der Waals surface area contributed by atoms with Gasteiger partial charge in [-0.05, 0) is 26.8 Å². The maximum absolute atomic E-state index is 13.0. The SMILES string of the molecule is CCCNCC(C)(C)Oc1cc(F)cc(F)c1. The molecule has 0 bridgehead atoms. The predicted molar refractivity (Wildman–Crippen MR) is 64.2 cm³/mol. The Hall–Kier alpha value is -1.16. The summed E-state index contributed by atoms with van der Waals surface area (Å²) in [5.41, 5.74) is -0.505. The normalized spacial score (nSPS) is 11.6. The van der Waals surface area contributed by atoms with E-state index in [2.05, 4.69) is 12.2 Å². The molecule has 0 fully saturated rings. The molecular formula is C13H19F2NO. The first kappa shape index (κ1) is 13.9. The summed E-state index contributed by atoms with van der Waals surface area (Å²) in [4.78, 5) is 0. The van der Waals surface area contributed by atoms with Gasteiger partial charge in [0, 0.05) is 24.7 Å². The molecular weight excluding hydrogens is 224 g/mol. The molecule has 96 valence electrons. The molecule has 1 aromatic carbocycles. The van der Waals surface area contributed by atoms with Gasteiger partial charge in [0.2, 0.25) is 0 Å². The van der Waals surface area contributed by atoms with Crippen LogP contribution in [-0.2, 0) is 0 Å². The van der Waals surface area contributed by atoms with Crippen molar-refractivity contribution >= 4 is 0 Å². The molecule has 0 saturated heterocycles. The van der Waals surface area contributed by atoms with Crippen molar-refractivity contribution in [2.45, 2.75) is 32.8 Å². The molecule has 0 amide bonds. The third-order valence-corrected chi connectivity index (χ3v) is 2.21. The lowest BCUT2D eigenvalue weighted by Crippen LogP contribution is -2.40. The van der Waals surface area contributed by atoms with Crippen LogP contribution in [0.15, 0.2) is 18.2 Å². The summed E-state index contributed by atoms with van der Waals surface area (Å²) in [6.07, 6.45) is 1.03. The highest BCUT2D eigenvalue weighted by atomic mass is 19.1. The molecule has 0 aromatic heterocycles. The number of benzene rings is 1. The van der Waals surface area contributed by atoms with Gasteiger partial charge in [-0.1, -0.05) is 6.92 Å². The van der Waals surface area contributed by atoms with E-state index in [1.165, 1.54) is 12.1 Å². The van der Waals surface area contributed by atoms with Crippen LogP contribution < -0.4 is 10.1 Å². The van der Waals surface area contributed by atoms with E-state index in [-0.39, 0.29) is 5.75 Å². The van der Waals surface area contributed by atoms with Crippen LogP contribution in [0.2, 0.25) is 0 Å². The van der Waals surface area contributed by atoms with Crippen molar-refractivity contribution in [2.24, 2.45) is 0 Å². The van der Waals surface area contributed by atoms with Gasteiger partial charge in [-0.3, -0.25) is 0 Å². The molecule has 1 rings (SSSR count). The molecule has 0 aliphatic rings. The Morgan fingerprint density at radius 2 is 1.76 bits per heavy atom. The van der Waals surface area contributed by atoms with E-state index in [1.54, 1.807) is 0 Å². The van der Waals surface area contributed by atoms with Crippen LogP contribution in [0.5, 0.6) is 5.75 Å². The monoisotopic (exact) mass is 243 g/mol. The maximum atomic E-state index is 13.0. The van der Waals surface area contributed by atoms with Crippen LogP contribution in [0.3, 0.4) is 0 Å². The Kier molecular flexibility index (Phi) is 4.87. The smallest absolute Gasteiger partial charge is 0.129 e. The Morgan fingerprint density at radius 1 is 1.18 bits per heavy atom. The van der Waals surface area contributed by atoms with Crippen molar-refractivity contribution in [2.75, 3.05) is 13.1 Å². The summed E-state index contributed by atoms with van der Waals surface area (Å²) < 4.78 is 31.5. The van der Waals surface area contributed by atoms with Gasteiger partial charge >= 0.3 is 0 Å². The van der Waals surface area contributed by atoms with Crippen LogP contribution in [0.4, 0.5) is 8.78 Å². The molecule has 0 aliphatic heterocycles. The Bertz CT molecular complexity index is 346. The molecule has 0 spiro atoms.